The van der Waals surface area contributed by atoms with E-state index in [0.29, 0.717) is 13.2 Å². The lowest BCUT2D eigenvalue weighted by molar-refractivity contribution is 0.0564. The average molecular weight is 330 g/mol. The van der Waals surface area contributed by atoms with Crippen molar-refractivity contribution in [3.05, 3.63) is 40.6 Å². The van der Waals surface area contributed by atoms with Gasteiger partial charge in [0, 0.05) is 30.7 Å². The number of hydrogen-bond acceptors (Lipinski definition) is 6. The summed E-state index contributed by atoms with van der Waals surface area (Å²) in [5.74, 6) is 1.80. The molecule has 0 radical (unpaired) electrons. The first-order valence-electron chi connectivity index (χ1n) is 7.57. The maximum absolute atomic E-state index is 5.71. The van der Waals surface area contributed by atoms with E-state index in [0.717, 1.165) is 40.7 Å². The molecule has 1 aliphatic heterocycles. The molecule has 23 heavy (non-hydrogen) atoms. The van der Waals surface area contributed by atoms with E-state index in [1.807, 2.05) is 23.7 Å². The third-order valence-electron chi connectivity index (χ3n) is 4.02. The summed E-state index contributed by atoms with van der Waals surface area (Å²) in [5, 5.41) is 6.56. The molecule has 120 valence electrons. The first kappa shape index (κ1) is 14.6. The van der Waals surface area contributed by atoms with Crippen LogP contribution in [0.5, 0.6) is 5.75 Å². The van der Waals surface area contributed by atoms with Crippen LogP contribution in [0.3, 0.4) is 0 Å². The van der Waals surface area contributed by atoms with Gasteiger partial charge in [-0.05, 0) is 12.1 Å². The molecule has 0 bridgehead atoms. The van der Waals surface area contributed by atoms with Crippen LogP contribution in [0.4, 0.5) is 0 Å². The van der Waals surface area contributed by atoms with E-state index in [4.69, 9.17) is 9.47 Å². The predicted octanol–water partition coefficient (Wildman–Crippen LogP) is 2.36. The maximum atomic E-state index is 5.71. The van der Waals surface area contributed by atoms with Crippen molar-refractivity contribution in [3.8, 4) is 5.75 Å². The van der Waals surface area contributed by atoms with Gasteiger partial charge in [-0.25, -0.2) is 9.97 Å². The first-order chi connectivity index (χ1) is 11.3. The molecule has 0 fully saturated rings. The number of aromatic nitrogens is 3. The summed E-state index contributed by atoms with van der Waals surface area (Å²) in [6.45, 7) is 2.85. The van der Waals surface area contributed by atoms with Crippen molar-refractivity contribution < 1.29 is 9.47 Å². The van der Waals surface area contributed by atoms with Gasteiger partial charge in [-0.1, -0.05) is 0 Å². The summed E-state index contributed by atoms with van der Waals surface area (Å²) in [4.78, 5) is 8.98. The van der Waals surface area contributed by atoms with Gasteiger partial charge in [-0.2, -0.15) is 0 Å². The van der Waals surface area contributed by atoms with Gasteiger partial charge < -0.3 is 19.4 Å². The Morgan fingerprint density at radius 3 is 3.26 bits per heavy atom. The average Bonchev–Trinajstić information content (AvgIpc) is 3.21. The van der Waals surface area contributed by atoms with Crippen molar-refractivity contribution in [3.63, 3.8) is 0 Å². The zero-order chi connectivity index (χ0) is 15.6. The highest BCUT2D eigenvalue weighted by Crippen LogP contribution is 2.28. The Morgan fingerprint density at radius 1 is 1.48 bits per heavy atom. The van der Waals surface area contributed by atoms with E-state index in [1.54, 1.807) is 18.4 Å². The van der Waals surface area contributed by atoms with E-state index in [2.05, 4.69) is 25.9 Å². The number of thiazole rings is 1. The molecule has 4 rings (SSSR count). The third-order valence-corrected chi connectivity index (χ3v) is 4.80. The van der Waals surface area contributed by atoms with Crippen LogP contribution in [0.1, 0.15) is 16.9 Å². The largest absolute Gasteiger partial charge is 0.497 e. The van der Waals surface area contributed by atoms with E-state index in [-0.39, 0.29) is 6.04 Å². The number of fused-ring (bicyclic) bond motifs is 3. The van der Waals surface area contributed by atoms with Crippen LogP contribution in [-0.4, -0.2) is 34.8 Å². The van der Waals surface area contributed by atoms with Gasteiger partial charge in [0.1, 0.15) is 23.2 Å². The summed E-state index contributed by atoms with van der Waals surface area (Å²) in [6, 6.07) is 6.26. The van der Waals surface area contributed by atoms with E-state index in [1.165, 1.54) is 0 Å². The molecule has 3 heterocycles. The highest BCUT2D eigenvalue weighted by Gasteiger charge is 2.24. The van der Waals surface area contributed by atoms with Crippen LogP contribution in [0.25, 0.3) is 11.0 Å². The maximum Gasteiger partial charge on any atom is 0.136 e. The quantitative estimate of drug-likeness (QED) is 0.778. The monoisotopic (exact) mass is 330 g/mol. The van der Waals surface area contributed by atoms with E-state index in [9.17, 15) is 0 Å². The summed E-state index contributed by atoms with van der Waals surface area (Å²) in [5.41, 5.74) is 2.08. The molecule has 1 unspecified atom stereocenters. The highest BCUT2D eigenvalue weighted by molar-refractivity contribution is 7.09. The van der Waals surface area contributed by atoms with Gasteiger partial charge in [-0.15, -0.1) is 11.3 Å². The van der Waals surface area contributed by atoms with Crippen LogP contribution < -0.4 is 10.1 Å². The fourth-order valence-corrected chi connectivity index (χ4v) is 3.55. The van der Waals surface area contributed by atoms with Crippen LogP contribution >= 0.6 is 11.3 Å². The summed E-state index contributed by atoms with van der Waals surface area (Å²) in [6.07, 6.45) is 1.83. The van der Waals surface area contributed by atoms with Crippen LogP contribution in [0.15, 0.2) is 29.8 Å². The van der Waals surface area contributed by atoms with Crippen molar-refractivity contribution in [2.75, 3.05) is 20.3 Å². The Morgan fingerprint density at radius 2 is 2.43 bits per heavy atom. The van der Waals surface area contributed by atoms with Gasteiger partial charge in [0.25, 0.3) is 0 Å². The molecule has 1 N–H and O–H groups in total. The minimum atomic E-state index is 0.233. The SMILES string of the molecule is COc1ccc2c(c1)nc1n2C(CNCc2nccs2)COC1. The Bertz CT molecular complexity index is 800. The summed E-state index contributed by atoms with van der Waals surface area (Å²) < 4.78 is 13.3. The molecule has 0 saturated heterocycles. The molecule has 1 aromatic carbocycles. The fourth-order valence-electron chi connectivity index (χ4n) is 2.96. The lowest BCUT2D eigenvalue weighted by atomic mass is 10.2. The molecule has 0 spiro atoms. The minimum Gasteiger partial charge on any atom is -0.497 e. The number of rotatable bonds is 5. The number of nitrogens with zero attached hydrogens (tertiary/aromatic N) is 3. The van der Waals surface area contributed by atoms with Gasteiger partial charge >= 0.3 is 0 Å². The molecule has 2 aromatic heterocycles. The Labute approximate surface area is 138 Å². The van der Waals surface area contributed by atoms with E-state index >= 15 is 0 Å². The van der Waals surface area contributed by atoms with Crippen molar-refractivity contribution >= 4 is 22.4 Å². The number of imidazole rings is 1. The number of methoxy groups -OCH3 is 1. The molecular formula is C16H18N4O2S. The molecule has 0 amide bonds. The first-order valence-corrected chi connectivity index (χ1v) is 8.45. The highest BCUT2D eigenvalue weighted by atomic mass is 32.1. The number of benzene rings is 1. The van der Waals surface area contributed by atoms with Crippen molar-refractivity contribution in [1.29, 1.82) is 0 Å². The lowest BCUT2D eigenvalue weighted by Gasteiger charge is -2.26. The van der Waals surface area contributed by atoms with Gasteiger partial charge in [0.2, 0.25) is 0 Å². The third kappa shape index (κ3) is 2.83. The second kappa shape index (κ2) is 6.27. The molecular weight excluding hydrogens is 312 g/mol. The molecule has 7 heteroatoms. The topological polar surface area (TPSA) is 61.2 Å². The molecule has 0 saturated carbocycles. The van der Waals surface area contributed by atoms with Crippen molar-refractivity contribution in [2.24, 2.45) is 0 Å². The molecule has 6 nitrogen and oxygen atoms in total. The Balaban J connectivity index is 1.57. The van der Waals surface area contributed by atoms with Crippen LogP contribution in [-0.2, 0) is 17.9 Å². The zero-order valence-corrected chi connectivity index (χ0v) is 13.7. The smallest absolute Gasteiger partial charge is 0.136 e. The van der Waals surface area contributed by atoms with Gasteiger partial charge in [0.05, 0.1) is 30.8 Å². The normalized spacial score (nSPS) is 17.3. The number of hydrogen-bond donors (Lipinski definition) is 1. The van der Waals surface area contributed by atoms with Crippen LogP contribution in [0, 0.1) is 0 Å². The van der Waals surface area contributed by atoms with Crippen LogP contribution in [0.2, 0.25) is 0 Å². The zero-order valence-electron chi connectivity index (χ0n) is 12.9. The summed E-state index contributed by atoms with van der Waals surface area (Å²) >= 11 is 1.67. The number of ether oxygens (including phenoxy) is 2. The van der Waals surface area contributed by atoms with Crippen molar-refractivity contribution in [2.45, 2.75) is 19.2 Å². The van der Waals surface area contributed by atoms with Gasteiger partial charge in [0.15, 0.2) is 0 Å². The second-order valence-corrected chi connectivity index (χ2v) is 6.46. The Kier molecular flexibility index (Phi) is 3.99. The molecule has 0 aliphatic carbocycles. The van der Waals surface area contributed by atoms with Gasteiger partial charge in [-0.3, -0.25) is 0 Å². The van der Waals surface area contributed by atoms with Crippen molar-refractivity contribution in [1.82, 2.24) is 19.9 Å². The lowest BCUT2D eigenvalue weighted by Crippen LogP contribution is -2.32. The standard InChI is InChI=1S/C16H18N4O2S/c1-21-12-2-3-14-13(6-12)19-15-10-22-9-11(20(14)15)7-17-8-16-18-4-5-23-16/h2-6,11,17H,7-10H2,1H3. The molecule has 3 aromatic rings. The fraction of sp³-hybridized carbons (Fsp3) is 0.375. The van der Waals surface area contributed by atoms with E-state index < -0.39 is 0 Å². The second-order valence-electron chi connectivity index (χ2n) is 5.48. The molecule has 1 atom stereocenters. The summed E-state index contributed by atoms with van der Waals surface area (Å²) in [7, 11) is 1.67. The minimum absolute atomic E-state index is 0.233. The molecule has 1 aliphatic rings. The number of nitrogens with one attached hydrogen (secondary N) is 1. The Hall–Kier alpha value is -1.96. The predicted molar refractivity (Wildman–Crippen MR) is 88.8 cm³/mol.